The highest BCUT2D eigenvalue weighted by molar-refractivity contribution is 6.33. The fraction of sp³-hybridized carbons (Fsp3) is 0.211. The third-order valence-corrected chi connectivity index (χ3v) is 4.35. The molecule has 2 heterocycles. The summed E-state index contributed by atoms with van der Waals surface area (Å²) in [5, 5.41) is 3.02. The Morgan fingerprint density at radius 2 is 2.00 bits per heavy atom. The van der Waals surface area contributed by atoms with Crippen molar-refractivity contribution in [2.75, 3.05) is 6.61 Å². The van der Waals surface area contributed by atoms with Crippen molar-refractivity contribution >= 4 is 23.4 Å². The minimum atomic E-state index is -1.16. The van der Waals surface area contributed by atoms with Gasteiger partial charge in [-0.25, -0.2) is 14.2 Å². The summed E-state index contributed by atoms with van der Waals surface area (Å²) in [4.78, 5) is 21.5. The summed E-state index contributed by atoms with van der Waals surface area (Å²) in [7, 11) is 0. The number of aliphatic imine (C=N–C) groups is 1. The van der Waals surface area contributed by atoms with Gasteiger partial charge in [0, 0.05) is 6.20 Å². The molecule has 0 spiro atoms. The van der Waals surface area contributed by atoms with E-state index in [-0.39, 0.29) is 23.2 Å². The van der Waals surface area contributed by atoms with Gasteiger partial charge < -0.3 is 10.1 Å². The van der Waals surface area contributed by atoms with Crippen LogP contribution in [0, 0.1) is 5.82 Å². The van der Waals surface area contributed by atoms with Gasteiger partial charge in [0.05, 0.1) is 6.61 Å². The SMILES string of the molecule is CCOC(=O)C1=C(Cl)NC(c2ccccn2)=NC1(C)c1ccc(F)cc1. The molecule has 7 heteroatoms. The third kappa shape index (κ3) is 3.32. The van der Waals surface area contributed by atoms with Gasteiger partial charge in [-0.05, 0) is 43.7 Å². The molecule has 0 fully saturated rings. The molecular weight excluding hydrogens is 357 g/mol. The number of hydrogen-bond acceptors (Lipinski definition) is 5. The highest BCUT2D eigenvalue weighted by Gasteiger charge is 2.42. The number of pyridine rings is 1. The largest absolute Gasteiger partial charge is 0.462 e. The maximum atomic E-state index is 13.4. The van der Waals surface area contributed by atoms with Crippen molar-refractivity contribution in [3.8, 4) is 0 Å². The Labute approximate surface area is 155 Å². The quantitative estimate of drug-likeness (QED) is 0.658. The number of benzene rings is 1. The van der Waals surface area contributed by atoms with Gasteiger partial charge in [-0.1, -0.05) is 29.8 Å². The van der Waals surface area contributed by atoms with Gasteiger partial charge in [-0.3, -0.25) is 4.98 Å². The molecule has 1 N–H and O–H groups in total. The Hall–Kier alpha value is -2.73. The molecule has 0 radical (unpaired) electrons. The summed E-state index contributed by atoms with van der Waals surface area (Å²) < 4.78 is 18.5. The van der Waals surface area contributed by atoms with Crippen LogP contribution in [0.25, 0.3) is 0 Å². The summed E-state index contributed by atoms with van der Waals surface area (Å²) in [6.07, 6.45) is 1.63. The van der Waals surface area contributed by atoms with Crippen LogP contribution in [0.4, 0.5) is 4.39 Å². The monoisotopic (exact) mass is 373 g/mol. The number of esters is 1. The zero-order valence-electron chi connectivity index (χ0n) is 14.3. The van der Waals surface area contributed by atoms with Crippen molar-refractivity contribution in [3.63, 3.8) is 0 Å². The summed E-state index contributed by atoms with van der Waals surface area (Å²) in [6.45, 7) is 3.64. The van der Waals surface area contributed by atoms with Crippen molar-refractivity contribution in [2.45, 2.75) is 19.4 Å². The lowest BCUT2D eigenvalue weighted by Crippen LogP contribution is -2.40. The van der Waals surface area contributed by atoms with Crippen molar-refractivity contribution < 1.29 is 13.9 Å². The van der Waals surface area contributed by atoms with E-state index >= 15 is 0 Å². The van der Waals surface area contributed by atoms with Crippen LogP contribution in [0.2, 0.25) is 0 Å². The minimum absolute atomic E-state index is 0.103. The molecule has 0 saturated heterocycles. The van der Waals surface area contributed by atoms with Crippen molar-refractivity contribution in [1.29, 1.82) is 0 Å². The highest BCUT2D eigenvalue weighted by Crippen LogP contribution is 2.39. The molecule has 134 valence electrons. The molecule has 26 heavy (non-hydrogen) atoms. The Kier molecular flexibility index (Phi) is 5.04. The van der Waals surface area contributed by atoms with Gasteiger partial charge in [0.2, 0.25) is 0 Å². The smallest absolute Gasteiger partial charge is 0.339 e. The number of carbonyl (C=O) groups is 1. The molecular formula is C19H17ClFN3O2. The Morgan fingerprint density at radius 3 is 2.62 bits per heavy atom. The van der Waals surface area contributed by atoms with Gasteiger partial charge in [0.25, 0.3) is 0 Å². The molecule has 1 atom stereocenters. The first-order valence-corrected chi connectivity index (χ1v) is 8.45. The molecule has 2 aromatic rings. The van der Waals surface area contributed by atoms with Gasteiger partial charge >= 0.3 is 5.97 Å². The predicted molar refractivity (Wildman–Crippen MR) is 97.2 cm³/mol. The van der Waals surface area contributed by atoms with Crippen LogP contribution >= 0.6 is 11.6 Å². The maximum absolute atomic E-state index is 13.4. The average molecular weight is 374 g/mol. The van der Waals surface area contributed by atoms with Crippen LogP contribution < -0.4 is 5.32 Å². The van der Waals surface area contributed by atoms with E-state index in [0.717, 1.165) is 0 Å². The first-order chi connectivity index (χ1) is 12.5. The van der Waals surface area contributed by atoms with Crippen LogP contribution in [-0.4, -0.2) is 23.4 Å². The maximum Gasteiger partial charge on any atom is 0.339 e. The third-order valence-electron chi connectivity index (χ3n) is 4.06. The standard InChI is InChI=1S/C19H17ClFN3O2/c1-3-26-18(25)15-16(20)23-17(14-6-4-5-11-22-14)24-19(15,2)12-7-9-13(21)10-8-12/h4-11H,3H2,1-2H3,(H,23,24). The van der Waals surface area contributed by atoms with E-state index in [9.17, 15) is 9.18 Å². The topological polar surface area (TPSA) is 63.6 Å². The molecule has 0 bridgehead atoms. The van der Waals surface area contributed by atoms with Crippen LogP contribution in [0.3, 0.4) is 0 Å². The van der Waals surface area contributed by atoms with E-state index in [1.54, 1.807) is 44.3 Å². The Morgan fingerprint density at radius 1 is 1.27 bits per heavy atom. The average Bonchev–Trinajstić information content (AvgIpc) is 2.62. The minimum Gasteiger partial charge on any atom is -0.462 e. The molecule has 1 aromatic heterocycles. The van der Waals surface area contributed by atoms with Crippen molar-refractivity contribution in [1.82, 2.24) is 10.3 Å². The number of nitrogens with zero attached hydrogens (tertiary/aromatic N) is 2. The van der Waals surface area contributed by atoms with Gasteiger partial charge in [0.15, 0.2) is 5.84 Å². The number of ether oxygens (including phenoxy) is 1. The summed E-state index contributed by atoms with van der Waals surface area (Å²) in [5.74, 6) is -0.552. The van der Waals surface area contributed by atoms with Crippen LogP contribution in [0.5, 0.6) is 0 Å². The number of aromatic nitrogens is 1. The molecule has 0 saturated carbocycles. The Balaban J connectivity index is 2.16. The molecule has 1 aliphatic heterocycles. The zero-order valence-corrected chi connectivity index (χ0v) is 15.0. The lowest BCUT2D eigenvalue weighted by Gasteiger charge is -2.33. The van der Waals surface area contributed by atoms with E-state index < -0.39 is 11.5 Å². The van der Waals surface area contributed by atoms with Crippen LogP contribution in [-0.2, 0) is 15.1 Å². The van der Waals surface area contributed by atoms with E-state index in [2.05, 4.69) is 10.3 Å². The number of amidine groups is 1. The number of halogens is 2. The van der Waals surface area contributed by atoms with Crippen LogP contribution in [0.15, 0.2) is 64.4 Å². The number of rotatable bonds is 4. The number of carbonyl (C=O) groups excluding carboxylic acids is 1. The van der Waals surface area contributed by atoms with Gasteiger partial charge in [-0.15, -0.1) is 0 Å². The summed E-state index contributed by atoms with van der Waals surface area (Å²) in [5.41, 5.74) is 0.180. The molecule has 0 aliphatic carbocycles. The molecule has 3 rings (SSSR count). The fourth-order valence-corrected chi connectivity index (χ4v) is 3.14. The Bertz CT molecular complexity index is 881. The fourth-order valence-electron chi connectivity index (χ4n) is 2.79. The van der Waals surface area contributed by atoms with E-state index in [1.807, 2.05) is 6.07 Å². The van der Waals surface area contributed by atoms with Crippen molar-refractivity contribution in [2.24, 2.45) is 4.99 Å². The first-order valence-electron chi connectivity index (χ1n) is 8.07. The molecule has 0 amide bonds. The molecule has 1 unspecified atom stereocenters. The number of hydrogen-bond donors (Lipinski definition) is 1. The molecule has 5 nitrogen and oxygen atoms in total. The second-order valence-electron chi connectivity index (χ2n) is 5.79. The lowest BCUT2D eigenvalue weighted by molar-refractivity contribution is -0.139. The highest BCUT2D eigenvalue weighted by atomic mass is 35.5. The van der Waals surface area contributed by atoms with Crippen molar-refractivity contribution in [3.05, 3.63) is 76.5 Å². The number of nitrogens with one attached hydrogen (secondary N) is 1. The summed E-state index contributed by atoms with van der Waals surface area (Å²) >= 11 is 6.41. The van der Waals surface area contributed by atoms with Gasteiger partial charge in [0.1, 0.15) is 27.8 Å². The van der Waals surface area contributed by atoms with E-state index in [4.69, 9.17) is 21.3 Å². The summed E-state index contributed by atoms with van der Waals surface area (Å²) in [6, 6.07) is 11.2. The first kappa shape index (κ1) is 18.1. The van der Waals surface area contributed by atoms with E-state index in [1.165, 1.54) is 12.1 Å². The van der Waals surface area contributed by atoms with Crippen LogP contribution in [0.1, 0.15) is 25.1 Å². The van der Waals surface area contributed by atoms with Gasteiger partial charge in [-0.2, -0.15) is 0 Å². The molecule has 1 aromatic carbocycles. The second kappa shape index (κ2) is 7.25. The second-order valence-corrected chi connectivity index (χ2v) is 6.17. The lowest BCUT2D eigenvalue weighted by atomic mass is 9.84. The van der Waals surface area contributed by atoms with E-state index in [0.29, 0.717) is 17.1 Å². The zero-order chi connectivity index (χ0) is 18.7. The molecule has 1 aliphatic rings. The predicted octanol–water partition coefficient (Wildman–Crippen LogP) is 3.50. The normalized spacial score (nSPS) is 19.6.